The van der Waals surface area contributed by atoms with Crippen LogP contribution in [0.25, 0.3) is 11.0 Å². The Labute approximate surface area is 157 Å². The van der Waals surface area contributed by atoms with Crippen LogP contribution in [-0.4, -0.2) is 19.8 Å². The molecule has 0 amide bonds. The quantitative estimate of drug-likeness (QED) is 0.745. The molecule has 0 fully saturated rings. The van der Waals surface area contributed by atoms with Gasteiger partial charge in [-0.2, -0.15) is 0 Å². The molecule has 1 aromatic heterocycles. The van der Waals surface area contributed by atoms with E-state index in [1.165, 1.54) is 5.56 Å². The molecule has 5 heteroatoms. The first-order valence-corrected chi connectivity index (χ1v) is 9.39. The van der Waals surface area contributed by atoms with Gasteiger partial charge in [-0.1, -0.05) is 12.1 Å². The van der Waals surface area contributed by atoms with Crippen molar-refractivity contribution in [3.05, 3.63) is 69.6 Å². The highest BCUT2D eigenvalue weighted by Crippen LogP contribution is 2.37. The van der Waals surface area contributed by atoms with Crippen molar-refractivity contribution in [1.82, 2.24) is 5.32 Å². The Morgan fingerprint density at radius 2 is 1.81 bits per heavy atom. The van der Waals surface area contributed by atoms with Crippen molar-refractivity contribution in [2.45, 2.75) is 26.3 Å². The van der Waals surface area contributed by atoms with Gasteiger partial charge in [0.25, 0.3) is 0 Å². The Kier molecular flexibility index (Phi) is 4.86. The SMILES string of the molecule is CCOc1cc2c(cc1OCC)[C@H](c1coc3ccccc3c1=O)NCC2. The Morgan fingerprint density at radius 3 is 2.59 bits per heavy atom. The van der Waals surface area contributed by atoms with Gasteiger partial charge in [-0.05, 0) is 55.7 Å². The van der Waals surface area contributed by atoms with Crippen molar-refractivity contribution in [1.29, 1.82) is 0 Å². The van der Waals surface area contributed by atoms with E-state index in [2.05, 4.69) is 5.32 Å². The van der Waals surface area contributed by atoms with Gasteiger partial charge in [0.05, 0.1) is 30.2 Å². The normalized spacial score (nSPS) is 16.1. The lowest BCUT2D eigenvalue weighted by atomic mass is 9.89. The number of nitrogens with one attached hydrogen (secondary N) is 1. The molecule has 0 unspecified atom stereocenters. The fourth-order valence-corrected chi connectivity index (χ4v) is 3.67. The first kappa shape index (κ1) is 17.6. The zero-order valence-electron chi connectivity index (χ0n) is 15.6. The van der Waals surface area contributed by atoms with Crippen LogP contribution in [-0.2, 0) is 6.42 Å². The summed E-state index contributed by atoms with van der Waals surface area (Å²) in [6, 6.07) is 11.1. The highest BCUT2D eigenvalue weighted by atomic mass is 16.5. The van der Waals surface area contributed by atoms with Crippen LogP contribution in [0.1, 0.15) is 36.6 Å². The highest BCUT2D eigenvalue weighted by Gasteiger charge is 2.27. The maximum absolute atomic E-state index is 13.1. The summed E-state index contributed by atoms with van der Waals surface area (Å²) in [5.41, 5.74) is 3.41. The van der Waals surface area contributed by atoms with E-state index in [0.29, 0.717) is 35.5 Å². The van der Waals surface area contributed by atoms with Gasteiger partial charge in [-0.3, -0.25) is 4.79 Å². The van der Waals surface area contributed by atoms with E-state index in [9.17, 15) is 4.79 Å². The smallest absolute Gasteiger partial charge is 0.197 e. The number of fused-ring (bicyclic) bond motifs is 2. The molecule has 0 bridgehead atoms. The Hall–Kier alpha value is -2.79. The third kappa shape index (κ3) is 3.19. The lowest BCUT2D eigenvalue weighted by Gasteiger charge is -2.28. The maximum atomic E-state index is 13.1. The van der Waals surface area contributed by atoms with E-state index >= 15 is 0 Å². The van der Waals surface area contributed by atoms with E-state index in [4.69, 9.17) is 13.9 Å². The Morgan fingerprint density at radius 1 is 1.07 bits per heavy atom. The van der Waals surface area contributed by atoms with Crippen LogP contribution < -0.4 is 20.2 Å². The number of benzene rings is 2. The molecule has 140 valence electrons. The van der Waals surface area contributed by atoms with Gasteiger partial charge < -0.3 is 19.2 Å². The average molecular weight is 365 g/mol. The maximum Gasteiger partial charge on any atom is 0.197 e. The van der Waals surface area contributed by atoms with Crippen molar-refractivity contribution in [2.24, 2.45) is 0 Å². The zero-order chi connectivity index (χ0) is 18.8. The molecule has 0 spiro atoms. The van der Waals surface area contributed by atoms with Crippen LogP contribution in [0.5, 0.6) is 11.5 Å². The van der Waals surface area contributed by atoms with Gasteiger partial charge in [0.2, 0.25) is 0 Å². The third-order valence-corrected chi connectivity index (χ3v) is 4.88. The van der Waals surface area contributed by atoms with Gasteiger partial charge in [0.1, 0.15) is 11.8 Å². The predicted octanol–water partition coefficient (Wildman–Crippen LogP) is 3.83. The molecular weight excluding hydrogens is 342 g/mol. The van der Waals surface area contributed by atoms with Gasteiger partial charge in [-0.15, -0.1) is 0 Å². The standard InChI is InChI=1S/C22H23NO4/c1-3-25-19-11-14-9-10-23-21(16(14)12-20(19)26-4-2)17-13-27-18-8-6-5-7-15(18)22(17)24/h5-8,11-13,21,23H,3-4,9-10H2,1-2H3/t21-/m1/s1. The largest absolute Gasteiger partial charge is 0.490 e. The second-order valence-electron chi connectivity index (χ2n) is 6.52. The van der Waals surface area contributed by atoms with Crippen molar-refractivity contribution in [3.8, 4) is 11.5 Å². The molecule has 1 N–H and O–H groups in total. The van der Waals surface area contributed by atoms with Crippen LogP contribution >= 0.6 is 0 Å². The topological polar surface area (TPSA) is 60.7 Å². The average Bonchev–Trinajstić information content (AvgIpc) is 2.69. The minimum Gasteiger partial charge on any atom is -0.490 e. The molecule has 1 aliphatic rings. The zero-order valence-corrected chi connectivity index (χ0v) is 15.6. The Bertz CT molecular complexity index is 1020. The molecular formula is C22H23NO4. The number of rotatable bonds is 5. The molecule has 2 heterocycles. The monoisotopic (exact) mass is 365 g/mol. The minimum atomic E-state index is -0.232. The lowest BCUT2D eigenvalue weighted by molar-refractivity contribution is 0.286. The van der Waals surface area contributed by atoms with Gasteiger partial charge >= 0.3 is 0 Å². The van der Waals surface area contributed by atoms with E-state index in [1.807, 2.05) is 44.2 Å². The van der Waals surface area contributed by atoms with E-state index in [0.717, 1.165) is 24.3 Å². The van der Waals surface area contributed by atoms with Gasteiger partial charge in [0.15, 0.2) is 16.9 Å². The molecule has 3 aromatic rings. The Balaban J connectivity index is 1.85. The van der Waals surface area contributed by atoms with Crippen molar-refractivity contribution in [2.75, 3.05) is 19.8 Å². The van der Waals surface area contributed by atoms with Gasteiger partial charge in [-0.25, -0.2) is 0 Å². The molecule has 0 aliphatic carbocycles. The molecule has 27 heavy (non-hydrogen) atoms. The molecule has 1 atom stereocenters. The van der Waals surface area contributed by atoms with Crippen LogP contribution in [0.3, 0.4) is 0 Å². The van der Waals surface area contributed by atoms with Crippen molar-refractivity contribution in [3.63, 3.8) is 0 Å². The summed E-state index contributed by atoms with van der Waals surface area (Å²) < 4.78 is 17.3. The van der Waals surface area contributed by atoms with Crippen molar-refractivity contribution < 1.29 is 13.9 Å². The first-order valence-electron chi connectivity index (χ1n) is 9.39. The molecule has 0 saturated carbocycles. The highest BCUT2D eigenvalue weighted by molar-refractivity contribution is 5.76. The number of hydrogen-bond donors (Lipinski definition) is 1. The molecule has 2 aromatic carbocycles. The summed E-state index contributed by atoms with van der Waals surface area (Å²) in [5, 5.41) is 4.06. The summed E-state index contributed by atoms with van der Waals surface area (Å²) in [5.74, 6) is 1.46. The second-order valence-corrected chi connectivity index (χ2v) is 6.52. The molecule has 0 radical (unpaired) electrons. The second kappa shape index (κ2) is 7.45. The summed E-state index contributed by atoms with van der Waals surface area (Å²) in [4.78, 5) is 13.1. The van der Waals surface area contributed by atoms with Crippen molar-refractivity contribution >= 4 is 11.0 Å². The fraction of sp³-hybridized carbons (Fsp3) is 0.318. The minimum absolute atomic E-state index is 0.00551. The fourth-order valence-electron chi connectivity index (χ4n) is 3.67. The number of para-hydroxylation sites is 1. The van der Waals surface area contributed by atoms with E-state index in [-0.39, 0.29) is 11.5 Å². The third-order valence-electron chi connectivity index (χ3n) is 4.88. The summed E-state index contributed by atoms with van der Waals surface area (Å²) >= 11 is 0. The van der Waals surface area contributed by atoms with Crippen LogP contribution in [0.15, 0.2) is 51.9 Å². The van der Waals surface area contributed by atoms with Crippen LogP contribution in [0.2, 0.25) is 0 Å². The summed E-state index contributed by atoms with van der Waals surface area (Å²) in [6.07, 6.45) is 2.45. The molecule has 1 aliphatic heterocycles. The van der Waals surface area contributed by atoms with Crippen LogP contribution in [0.4, 0.5) is 0 Å². The van der Waals surface area contributed by atoms with E-state index in [1.54, 1.807) is 12.3 Å². The number of ether oxygens (including phenoxy) is 2. The first-order chi connectivity index (χ1) is 13.2. The summed E-state index contributed by atoms with van der Waals surface area (Å²) in [6.45, 7) is 5.82. The predicted molar refractivity (Wildman–Crippen MR) is 105 cm³/mol. The molecule has 4 rings (SSSR count). The molecule has 0 saturated heterocycles. The van der Waals surface area contributed by atoms with Gasteiger partial charge in [0, 0.05) is 6.54 Å². The molecule has 5 nitrogen and oxygen atoms in total. The summed E-state index contributed by atoms with van der Waals surface area (Å²) in [7, 11) is 0. The van der Waals surface area contributed by atoms with E-state index < -0.39 is 0 Å². The lowest BCUT2D eigenvalue weighted by Crippen LogP contribution is -2.33. The van der Waals surface area contributed by atoms with Crippen LogP contribution in [0, 0.1) is 0 Å². The number of hydrogen-bond acceptors (Lipinski definition) is 5.